The second-order valence-electron chi connectivity index (χ2n) is 14.8. The lowest BCUT2D eigenvalue weighted by atomic mass is 9.97. The van der Waals surface area contributed by atoms with Crippen LogP contribution in [0.25, 0.3) is 0 Å². The van der Waals surface area contributed by atoms with Crippen LogP contribution < -0.4 is 0 Å². The summed E-state index contributed by atoms with van der Waals surface area (Å²) in [6, 6.07) is 17.4. The van der Waals surface area contributed by atoms with Gasteiger partial charge in [0.2, 0.25) is 0 Å². The highest BCUT2D eigenvalue weighted by Crippen LogP contribution is 2.26. The maximum atomic E-state index is 13.3. The summed E-state index contributed by atoms with van der Waals surface area (Å²) in [5.41, 5.74) is 5.51. The van der Waals surface area contributed by atoms with Crippen molar-refractivity contribution < 1.29 is 16.8 Å². The second kappa shape index (κ2) is 22.9. The predicted octanol–water partition coefficient (Wildman–Crippen LogP) is 10.2. The highest BCUT2D eigenvalue weighted by molar-refractivity contribution is 7.81. The van der Waals surface area contributed by atoms with Gasteiger partial charge in [-0.25, -0.2) is 8.37 Å². The van der Waals surface area contributed by atoms with Gasteiger partial charge in [-0.2, -0.15) is 8.42 Å². The van der Waals surface area contributed by atoms with E-state index >= 15 is 0 Å². The Morgan fingerprint density at radius 3 is 1.27 bits per heavy atom. The van der Waals surface area contributed by atoms with Crippen molar-refractivity contribution in [2.45, 2.75) is 167 Å². The predicted molar refractivity (Wildman–Crippen MR) is 204 cm³/mol. The molecular weight excluding hydrogens is 629 g/mol. The van der Waals surface area contributed by atoms with Crippen LogP contribution in [0.15, 0.2) is 48.5 Å². The zero-order valence-electron chi connectivity index (χ0n) is 31.1. The molecule has 7 heteroatoms. The van der Waals surface area contributed by atoms with Crippen molar-refractivity contribution in [2.75, 3.05) is 26.3 Å². The third-order valence-corrected chi connectivity index (χ3v) is 11.8. The molecule has 2 unspecified atom stereocenters. The van der Waals surface area contributed by atoms with Crippen molar-refractivity contribution in [3.05, 3.63) is 70.8 Å². The molecule has 2 heterocycles. The molecule has 0 fully saturated rings. The van der Waals surface area contributed by atoms with E-state index in [-0.39, 0.29) is 25.3 Å². The monoisotopic (exact) mass is 696 g/mol. The van der Waals surface area contributed by atoms with Crippen LogP contribution in [-0.4, -0.2) is 56.6 Å². The molecule has 2 atom stereocenters. The number of hydrogen-bond donors (Lipinski definition) is 0. The van der Waals surface area contributed by atoms with Gasteiger partial charge >= 0.3 is 10.4 Å². The zero-order chi connectivity index (χ0) is 34.6. The van der Waals surface area contributed by atoms with E-state index in [1.54, 1.807) is 0 Å². The Balaban J connectivity index is 1.30. The van der Waals surface area contributed by atoms with E-state index in [0.717, 1.165) is 64.7 Å². The minimum Gasteiger partial charge on any atom is -0.293 e. The Hall–Kier alpha value is -1.77. The molecule has 2 aromatic carbocycles. The largest absolute Gasteiger partial charge is 0.399 e. The van der Waals surface area contributed by atoms with Crippen LogP contribution in [0.5, 0.6) is 0 Å². The van der Waals surface area contributed by atoms with E-state index in [1.165, 1.54) is 112 Å². The van der Waals surface area contributed by atoms with E-state index < -0.39 is 10.4 Å². The normalized spacial score (nSPS) is 16.7. The molecule has 0 amide bonds. The standard InChI is InChI=1S/C42H68N2O4S/c1-3-5-7-9-11-13-15-17-27-41(43-31-29-37-23-19-21-25-39(37)33-43)35-47-49(45,46)48-36-42(28-18-16-14-12-10-8-6-4-2)44-32-30-38-24-20-22-26-40(38)34-44/h19-26,41-42H,3-18,27-36H2,1-2H3. The number of benzene rings is 2. The van der Waals surface area contributed by atoms with E-state index in [1.807, 2.05) is 0 Å². The van der Waals surface area contributed by atoms with Gasteiger partial charge in [-0.05, 0) is 47.9 Å². The van der Waals surface area contributed by atoms with Crippen LogP contribution in [0.2, 0.25) is 0 Å². The third kappa shape index (κ3) is 14.8. The van der Waals surface area contributed by atoms with E-state index in [2.05, 4.69) is 72.2 Å². The fourth-order valence-electron chi connectivity index (χ4n) is 7.79. The summed E-state index contributed by atoms with van der Waals surface area (Å²) in [4.78, 5) is 4.88. The Morgan fingerprint density at radius 1 is 0.531 bits per heavy atom. The summed E-state index contributed by atoms with van der Waals surface area (Å²) in [6.07, 6.45) is 24.1. The number of fused-ring (bicyclic) bond motifs is 2. The molecule has 4 rings (SSSR count). The van der Waals surface area contributed by atoms with Gasteiger partial charge in [0.15, 0.2) is 0 Å². The minimum absolute atomic E-state index is 0.0542. The highest BCUT2D eigenvalue weighted by atomic mass is 32.3. The van der Waals surface area contributed by atoms with Crippen molar-refractivity contribution in [1.29, 1.82) is 0 Å². The first-order valence-corrected chi connectivity index (χ1v) is 21.5. The Labute approximate surface area is 300 Å². The summed E-state index contributed by atoms with van der Waals surface area (Å²) >= 11 is 0. The molecule has 6 nitrogen and oxygen atoms in total. The lowest BCUT2D eigenvalue weighted by Gasteiger charge is -2.36. The van der Waals surface area contributed by atoms with Crippen molar-refractivity contribution >= 4 is 10.4 Å². The average molecular weight is 697 g/mol. The highest BCUT2D eigenvalue weighted by Gasteiger charge is 2.28. The van der Waals surface area contributed by atoms with Gasteiger partial charge in [0.1, 0.15) is 0 Å². The van der Waals surface area contributed by atoms with Crippen LogP contribution >= 0.6 is 0 Å². The van der Waals surface area contributed by atoms with Crippen molar-refractivity contribution in [1.82, 2.24) is 9.80 Å². The van der Waals surface area contributed by atoms with Crippen molar-refractivity contribution in [2.24, 2.45) is 0 Å². The quantitative estimate of drug-likeness (QED) is 0.0913. The Kier molecular flexibility index (Phi) is 18.7. The molecule has 0 spiro atoms. The molecule has 276 valence electrons. The number of nitrogens with zero attached hydrogens (tertiary/aromatic N) is 2. The Bertz CT molecular complexity index is 1190. The van der Waals surface area contributed by atoms with Gasteiger partial charge in [-0.1, -0.05) is 165 Å². The Morgan fingerprint density at radius 2 is 0.878 bits per heavy atom. The molecule has 0 aliphatic carbocycles. The first-order valence-electron chi connectivity index (χ1n) is 20.1. The van der Waals surface area contributed by atoms with E-state index in [0.29, 0.717) is 0 Å². The van der Waals surface area contributed by atoms with Gasteiger partial charge in [0.05, 0.1) is 13.2 Å². The SMILES string of the molecule is CCCCCCCCCCC(COS(=O)(=O)OCC(CCCCCCCCCC)N1CCc2ccccc2C1)N1CCc2ccccc2C1. The average Bonchev–Trinajstić information content (AvgIpc) is 3.12. The van der Waals surface area contributed by atoms with E-state index in [9.17, 15) is 8.42 Å². The zero-order valence-corrected chi connectivity index (χ0v) is 31.9. The van der Waals surface area contributed by atoms with Gasteiger partial charge < -0.3 is 0 Å². The van der Waals surface area contributed by atoms with Crippen molar-refractivity contribution in [3.8, 4) is 0 Å². The van der Waals surface area contributed by atoms with Gasteiger partial charge in [0.25, 0.3) is 0 Å². The number of hydrogen-bond acceptors (Lipinski definition) is 6. The van der Waals surface area contributed by atoms with Crippen LogP contribution in [0.4, 0.5) is 0 Å². The summed E-state index contributed by atoms with van der Waals surface area (Å²) in [7, 11) is -4.12. The molecule has 2 aliphatic rings. The van der Waals surface area contributed by atoms with Crippen LogP contribution in [0, 0.1) is 0 Å². The number of unbranched alkanes of at least 4 members (excludes halogenated alkanes) is 14. The third-order valence-electron chi connectivity index (χ3n) is 10.9. The molecule has 0 saturated carbocycles. The van der Waals surface area contributed by atoms with Gasteiger partial charge in [-0.3, -0.25) is 9.80 Å². The molecular formula is C42H68N2O4S. The maximum absolute atomic E-state index is 13.3. The fraction of sp³-hybridized carbons (Fsp3) is 0.714. The minimum atomic E-state index is -4.12. The van der Waals surface area contributed by atoms with Gasteiger partial charge in [0, 0.05) is 38.3 Å². The smallest absolute Gasteiger partial charge is 0.293 e. The van der Waals surface area contributed by atoms with E-state index in [4.69, 9.17) is 8.37 Å². The number of rotatable bonds is 26. The van der Waals surface area contributed by atoms with Crippen LogP contribution in [0.3, 0.4) is 0 Å². The van der Waals surface area contributed by atoms with Gasteiger partial charge in [-0.15, -0.1) is 0 Å². The molecule has 0 N–H and O–H groups in total. The molecule has 0 saturated heterocycles. The molecule has 0 radical (unpaired) electrons. The summed E-state index contributed by atoms with van der Waals surface area (Å²) in [5, 5.41) is 0. The fourth-order valence-corrected chi connectivity index (χ4v) is 8.50. The summed E-state index contributed by atoms with van der Waals surface area (Å²) in [5.74, 6) is 0. The summed E-state index contributed by atoms with van der Waals surface area (Å²) in [6.45, 7) is 8.38. The second-order valence-corrected chi connectivity index (χ2v) is 16.1. The molecule has 0 aromatic heterocycles. The topological polar surface area (TPSA) is 59.1 Å². The lowest BCUT2D eigenvalue weighted by molar-refractivity contribution is 0.0839. The molecule has 2 aliphatic heterocycles. The summed E-state index contributed by atoms with van der Waals surface area (Å²) < 4.78 is 38.1. The molecule has 0 bridgehead atoms. The first-order chi connectivity index (χ1) is 24.0. The maximum Gasteiger partial charge on any atom is 0.399 e. The van der Waals surface area contributed by atoms with Crippen LogP contribution in [0.1, 0.15) is 152 Å². The van der Waals surface area contributed by atoms with Crippen LogP contribution in [-0.2, 0) is 44.7 Å². The first kappa shape index (κ1) is 40.0. The van der Waals surface area contributed by atoms with Crippen molar-refractivity contribution in [3.63, 3.8) is 0 Å². The molecule has 49 heavy (non-hydrogen) atoms. The molecule has 2 aromatic rings. The lowest BCUT2D eigenvalue weighted by Crippen LogP contribution is -2.43.